The first-order valence-corrected chi connectivity index (χ1v) is 5.70. The highest BCUT2D eigenvalue weighted by molar-refractivity contribution is 5.83. The molecule has 1 N–H and O–H groups in total. The van der Waals surface area contributed by atoms with E-state index < -0.39 is 0 Å². The molecule has 1 aliphatic rings. The Labute approximate surface area is 99.4 Å². The molecule has 0 aromatic heterocycles. The highest BCUT2D eigenvalue weighted by Crippen LogP contribution is 2.27. The first-order chi connectivity index (χ1) is 8.24. The molecule has 1 amide bonds. The minimum Gasteiger partial charge on any atom is -0.444 e. The fourth-order valence-corrected chi connectivity index (χ4v) is 2.27. The van der Waals surface area contributed by atoms with Gasteiger partial charge in [-0.15, -0.1) is 0 Å². The lowest BCUT2D eigenvalue weighted by molar-refractivity contribution is 0.141. The molecule has 17 heavy (non-hydrogen) atoms. The van der Waals surface area contributed by atoms with Gasteiger partial charge < -0.3 is 10.1 Å². The molecule has 1 aliphatic heterocycles. The van der Waals surface area contributed by atoms with E-state index in [1.165, 1.54) is 10.8 Å². The Morgan fingerprint density at radius 1 is 1.12 bits per heavy atom. The lowest BCUT2D eigenvalue weighted by Crippen LogP contribution is -2.20. The lowest BCUT2D eigenvalue weighted by atomic mass is 9.99. The monoisotopic (exact) mass is 227 g/mol. The quantitative estimate of drug-likeness (QED) is 0.813. The number of hydrogen-bond acceptors (Lipinski definition) is 2. The van der Waals surface area contributed by atoms with Gasteiger partial charge >= 0.3 is 6.09 Å². The molecule has 0 spiro atoms. The zero-order valence-corrected chi connectivity index (χ0v) is 9.51. The number of hydrogen-bond donors (Lipinski definition) is 1. The summed E-state index contributed by atoms with van der Waals surface area (Å²) in [5.41, 5.74) is 1.09. The summed E-state index contributed by atoms with van der Waals surface area (Å²) < 4.78 is 5.09. The first-order valence-electron chi connectivity index (χ1n) is 5.70. The van der Waals surface area contributed by atoms with Crippen LogP contribution in [0.5, 0.6) is 0 Å². The third-order valence-corrected chi connectivity index (χ3v) is 3.17. The lowest BCUT2D eigenvalue weighted by Gasteiger charge is -2.13. The molecular weight excluding hydrogens is 214 g/mol. The highest BCUT2D eigenvalue weighted by Gasteiger charge is 2.31. The predicted octanol–water partition coefficient (Wildman–Crippen LogP) is 3.01. The number of carbonyl (C=O) groups is 1. The average Bonchev–Trinajstić information content (AvgIpc) is 2.68. The van der Waals surface area contributed by atoms with Crippen molar-refractivity contribution in [2.45, 2.75) is 19.1 Å². The van der Waals surface area contributed by atoms with Gasteiger partial charge in [-0.2, -0.15) is 0 Å². The van der Waals surface area contributed by atoms with Crippen LogP contribution in [0, 0.1) is 0 Å². The maximum absolute atomic E-state index is 11.2. The standard InChI is InChI=1S/C14H13NO2/c1-9-13(15-14(16)17-9)12-7-6-10-4-2-3-5-11(10)8-12/h2-9,13H,1H3,(H,15,16)/t9-,13+/m0/s1. The van der Waals surface area contributed by atoms with Gasteiger partial charge in [0.2, 0.25) is 0 Å². The van der Waals surface area contributed by atoms with Crippen LogP contribution in [0.15, 0.2) is 42.5 Å². The van der Waals surface area contributed by atoms with Crippen LogP contribution in [0.25, 0.3) is 10.8 Å². The number of benzene rings is 2. The van der Waals surface area contributed by atoms with Crippen LogP contribution in [-0.2, 0) is 4.74 Å². The van der Waals surface area contributed by atoms with E-state index in [1.807, 2.05) is 25.1 Å². The van der Waals surface area contributed by atoms with Gasteiger partial charge in [0.05, 0.1) is 6.04 Å². The number of fused-ring (bicyclic) bond motifs is 1. The van der Waals surface area contributed by atoms with E-state index >= 15 is 0 Å². The average molecular weight is 227 g/mol. The maximum Gasteiger partial charge on any atom is 0.408 e. The van der Waals surface area contributed by atoms with Crippen LogP contribution >= 0.6 is 0 Å². The van der Waals surface area contributed by atoms with Crippen molar-refractivity contribution >= 4 is 16.9 Å². The summed E-state index contributed by atoms with van der Waals surface area (Å²) in [6, 6.07) is 14.3. The van der Waals surface area contributed by atoms with E-state index in [4.69, 9.17) is 4.74 Å². The van der Waals surface area contributed by atoms with Gasteiger partial charge in [-0.3, -0.25) is 0 Å². The van der Waals surface area contributed by atoms with Crippen LogP contribution in [0.1, 0.15) is 18.5 Å². The van der Waals surface area contributed by atoms with Crippen molar-refractivity contribution in [3.8, 4) is 0 Å². The number of ether oxygens (including phenoxy) is 1. The highest BCUT2D eigenvalue weighted by atomic mass is 16.6. The SMILES string of the molecule is C[C@@H]1OC(=O)N[C@H]1c1ccc2ccccc2c1. The number of alkyl carbamates (subject to hydrolysis) is 1. The van der Waals surface area contributed by atoms with Gasteiger partial charge in [0.15, 0.2) is 0 Å². The van der Waals surface area contributed by atoms with Gasteiger partial charge in [-0.25, -0.2) is 4.79 Å². The summed E-state index contributed by atoms with van der Waals surface area (Å²) in [5.74, 6) is 0. The Morgan fingerprint density at radius 3 is 2.59 bits per heavy atom. The smallest absolute Gasteiger partial charge is 0.408 e. The Bertz CT molecular complexity index is 579. The summed E-state index contributed by atoms with van der Waals surface area (Å²) in [6.07, 6.45) is -0.459. The molecule has 2 aromatic carbocycles. The molecule has 1 heterocycles. The number of rotatable bonds is 1. The van der Waals surface area contributed by atoms with Gasteiger partial charge in [-0.05, 0) is 29.3 Å². The van der Waals surface area contributed by atoms with Crippen molar-refractivity contribution in [2.24, 2.45) is 0 Å². The molecule has 1 saturated heterocycles. The summed E-state index contributed by atoms with van der Waals surface area (Å²) in [6.45, 7) is 1.90. The van der Waals surface area contributed by atoms with Crippen molar-refractivity contribution in [3.63, 3.8) is 0 Å². The number of cyclic esters (lactones) is 1. The van der Waals surface area contributed by atoms with Crippen LogP contribution in [0.4, 0.5) is 4.79 Å². The molecule has 0 unspecified atom stereocenters. The molecular formula is C14H13NO2. The predicted molar refractivity (Wildman–Crippen MR) is 65.8 cm³/mol. The molecule has 0 saturated carbocycles. The molecule has 1 fully saturated rings. The Kier molecular flexibility index (Phi) is 2.25. The Morgan fingerprint density at radius 2 is 1.88 bits per heavy atom. The van der Waals surface area contributed by atoms with Crippen LogP contribution in [0.2, 0.25) is 0 Å². The van der Waals surface area contributed by atoms with E-state index in [-0.39, 0.29) is 18.2 Å². The van der Waals surface area contributed by atoms with Crippen LogP contribution in [0.3, 0.4) is 0 Å². The van der Waals surface area contributed by atoms with Gasteiger partial charge in [0.1, 0.15) is 6.10 Å². The van der Waals surface area contributed by atoms with Gasteiger partial charge in [0.25, 0.3) is 0 Å². The van der Waals surface area contributed by atoms with Gasteiger partial charge in [-0.1, -0.05) is 36.4 Å². The van der Waals surface area contributed by atoms with Crippen molar-refractivity contribution < 1.29 is 9.53 Å². The minimum absolute atomic E-state index is 0.0490. The van der Waals surface area contributed by atoms with Crippen molar-refractivity contribution in [2.75, 3.05) is 0 Å². The van der Waals surface area contributed by atoms with E-state index in [0.29, 0.717) is 0 Å². The molecule has 0 aliphatic carbocycles. The molecule has 0 radical (unpaired) electrons. The number of nitrogens with one attached hydrogen (secondary N) is 1. The van der Waals surface area contributed by atoms with E-state index in [9.17, 15) is 4.79 Å². The van der Waals surface area contributed by atoms with Crippen molar-refractivity contribution in [3.05, 3.63) is 48.0 Å². The first kappa shape index (κ1) is 10.1. The van der Waals surface area contributed by atoms with Crippen molar-refractivity contribution in [1.82, 2.24) is 5.32 Å². The summed E-state index contributed by atoms with van der Waals surface area (Å²) in [4.78, 5) is 11.2. The fraction of sp³-hybridized carbons (Fsp3) is 0.214. The topological polar surface area (TPSA) is 38.3 Å². The van der Waals surface area contributed by atoms with E-state index in [1.54, 1.807) is 0 Å². The summed E-state index contributed by atoms with van der Waals surface area (Å²) in [7, 11) is 0. The van der Waals surface area contributed by atoms with Gasteiger partial charge in [0, 0.05) is 0 Å². The summed E-state index contributed by atoms with van der Waals surface area (Å²) >= 11 is 0. The minimum atomic E-state index is -0.337. The molecule has 0 bridgehead atoms. The second kappa shape index (κ2) is 3.77. The van der Waals surface area contributed by atoms with Crippen LogP contribution < -0.4 is 5.32 Å². The van der Waals surface area contributed by atoms with Crippen LogP contribution in [-0.4, -0.2) is 12.2 Å². The third-order valence-electron chi connectivity index (χ3n) is 3.17. The fourth-order valence-electron chi connectivity index (χ4n) is 2.27. The number of carbonyl (C=O) groups excluding carboxylic acids is 1. The molecule has 2 atom stereocenters. The molecule has 3 heteroatoms. The molecule has 2 aromatic rings. The molecule has 86 valence electrons. The van der Waals surface area contributed by atoms with E-state index in [0.717, 1.165) is 5.56 Å². The molecule has 3 nitrogen and oxygen atoms in total. The second-order valence-electron chi connectivity index (χ2n) is 4.34. The second-order valence-corrected chi connectivity index (χ2v) is 4.34. The molecule has 3 rings (SSSR count). The maximum atomic E-state index is 11.2. The van der Waals surface area contributed by atoms with Crippen molar-refractivity contribution in [1.29, 1.82) is 0 Å². The third kappa shape index (κ3) is 1.73. The zero-order chi connectivity index (χ0) is 11.8. The zero-order valence-electron chi connectivity index (χ0n) is 9.51. The number of amides is 1. The summed E-state index contributed by atoms with van der Waals surface area (Å²) in [5, 5.41) is 5.21. The largest absolute Gasteiger partial charge is 0.444 e. The Balaban J connectivity index is 2.03. The van der Waals surface area contributed by atoms with E-state index in [2.05, 4.69) is 29.6 Å². The Hall–Kier alpha value is -2.03. The normalized spacial score (nSPS) is 23.5.